The molecule has 0 bridgehead atoms. The van der Waals surface area contributed by atoms with E-state index in [-0.39, 0.29) is 4.90 Å². The lowest BCUT2D eigenvalue weighted by atomic mass is 10.1. The number of primary sulfonamides is 1. The summed E-state index contributed by atoms with van der Waals surface area (Å²) in [5.74, 6) is 0. The topological polar surface area (TPSA) is 63.2 Å². The maximum absolute atomic E-state index is 11.2. The second-order valence-electron chi connectivity index (χ2n) is 5.71. The van der Waals surface area contributed by atoms with E-state index in [0.29, 0.717) is 6.04 Å². The molecule has 0 aliphatic carbocycles. The van der Waals surface area contributed by atoms with E-state index in [1.54, 1.807) is 12.1 Å². The van der Waals surface area contributed by atoms with Gasteiger partial charge in [-0.05, 0) is 42.6 Å². The van der Waals surface area contributed by atoms with Crippen LogP contribution in [0.5, 0.6) is 0 Å². The highest BCUT2D eigenvalue weighted by molar-refractivity contribution is 7.89. The fourth-order valence-electron chi connectivity index (χ4n) is 2.75. The molecule has 3 rings (SSSR count). The Hall–Kier alpha value is -1.69. The van der Waals surface area contributed by atoms with Gasteiger partial charge in [-0.15, -0.1) is 0 Å². The monoisotopic (exact) mass is 316 g/mol. The number of nitrogens with zero attached hydrogens (tertiary/aromatic N) is 1. The van der Waals surface area contributed by atoms with E-state index in [1.807, 2.05) is 18.2 Å². The lowest BCUT2D eigenvalue weighted by molar-refractivity contribution is 0.495. The molecule has 2 aromatic rings. The number of aryl methyl sites for hydroxylation is 1. The zero-order valence-corrected chi connectivity index (χ0v) is 13.2. The van der Waals surface area contributed by atoms with Gasteiger partial charge >= 0.3 is 0 Å². The number of sulfonamides is 1. The molecule has 4 nitrogen and oxygen atoms in total. The Kier molecular flexibility index (Phi) is 4.29. The van der Waals surface area contributed by atoms with E-state index >= 15 is 0 Å². The van der Waals surface area contributed by atoms with E-state index in [2.05, 4.69) is 29.2 Å². The van der Waals surface area contributed by atoms with Crippen LogP contribution in [0.15, 0.2) is 59.5 Å². The van der Waals surface area contributed by atoms with Crippen LogP contribution in [-0.4, -0.2) is 26.4 Å². The van der Waals surface area contributed by atoms with Crippen molar-refractivity contribution >= 4 is 10.0 Å². The molecule has 0 saturated carbocycles. The smallest absolute Gasteiger partial charge is 0.238 e. The van der Waals surface area contributed by atoms with Gasteiger partial charge in [0.15, 0.2) is 0 Å². The Morgan fingerprint density at radius 3 is 2.36 bits per heavy atom. The number of benzene rings is 2. The minimum absolute atomic E-state index is 0.173. The summed E-state index contributed by atoms with van der Waals surface area (Å²) in [4.78, 5) is 2.62. The van der Waals surface area contributed by atoms with Gasteiger partial charge in [-0.3, -0.25) is 4.90 Å². The molecule has 0 amide bonds. The van der Waals surface area contributed by atoms with E-state index in [1.165, 1.54) is 5.56 Å². The zero-order chi connectivity index (χ0) is 15.6. The predicted molar refractivity (Wildman–Crippen MR) is 86.9 cm³/mol. The Morgan fingerprint density at radius 1 is 1.05 bits per heavy atom. The first kappa shape index (κ1) is 15.2. The van der Waals surface area contributed by atoms with Crippen LogP contribution < -0.4 is 5.14 Å². The van der Waals surface area contributed by atoms with Crippen molar-refractivity contribution in [3.05, 3.63) is 65.7 Å². The van der Waals surface area contributed by atoms with Crippen molar-refractivity contribution in [1.82, 2.24) is 4.90 Å². The Balaban J connectivity index is 1.47. The second-order valence-corrected chi connectivity index (χ2v) is 7.28. The summed E-state index contributed by atoms with van der Waals surface area (Å²) in [6, 6.07) is 18.0. The highest BCUT2D eigenvalue weighted by atomic mass is 32.2. The normalized spacial score (nSPS) is 20.8. The number of nitrogens with two attached hydrogens (primary N) is 1. The molecule has 2 atom stereocenters. The number of hydrogen-bond acceptors (Lipinski definition) is 3. The van der Waals surface area contributed by atoms with Crippen molar-refractivity contribution in [2.45, 2.75) is 23.8 Å². The first-order valence-corrected chi connectivity index (χ1v) is 8.99. The van der Waals surface area contributed by atoms with Gasteiger partial charge in [0.2, 0.25) is 10.0 Å². The average molecular weight is 316 g/mol. The molecule has 116 valence electrons. The Labute approximate surface area is 131 Å². The van der Waals surface area contributed by atoms with E-state index in [0.717, 1.165) is 31.5 Å². The molecule has 0 aromatic heterocycles. The van der Waals surface area contributed by atoms with E-state index in [9.17, 15) is 8.42 Å². The third kappa shape index (κ3) is 3.74. The summed E-state index contributed by atoms with van der Waals surface area (Å²) in [5, 5.41) is 5.09. The summed E-state index contributed by atoms with van der Waals surface area (Å²) >= 11 is 0. The van der Waals surface area contributed by atoms with Crippen LogP contribution in [0.4, 0.5) is 0 Å². The van der Waals surface area contributed by atoms with Crippen LogP contribution in [-0.2, 0) is 16.4 Å². The molecule has 5 heteroatoms. The minimum Gasteiger partial charge on any atom is -0.293 e. The molecule has 0 radical (unpaired) electrons. The van der Waals surface area contributed by atoms with E-state index < -0.39 is 10.0 Å². The number of rotatable bonds is 6. The van der Waals surface area contributed by atoms with Crippen molar-refractivity contribution in [2.24, 2.45) is 5.14 Å². The molecule has 22 heavy (non-hydrogen) atoms. The first-order valence-electron chi connectivity index (χ1n) is 7.45. The highest BCUT2D eigenvalue weighted by Gasteiger charge is 2.34. The van der Waals surface area contributed by atoms with Gasteiger partial charge in [0.25, 0.3) is 0 Å². The third-order valence-electron chi connectivity index (χ3n) is 4.06. The summed E-state index contributed by atoms with van der Waals surface area (Å²) in [6.07, 6.45) is 2.01. The maximum atomic E-state index is 11.2. The molecule has 1 saturated heterocycles. The minimum atomic E-state index is -3.59. The van der Waals surface area contributed by atoms with Crippen LogP contribution in [0.25, 0.3) is 0 Å². The lowest BCUT2D eigenvalue weighted by Crippen LogP contribution is -2.12. The molecular formula is C17H20N2O2S. The van der Waals surface area contributed by atoms with Crippen LogP contribution in [0.2, 0.25) is 0 Å². The van der Waals surface area contributed by atoms with Crippen LogP contribution >= 0.6 is 0 Å². The largest absolute Gasteiger partial charge is 0.293 e. The first-order chi connectivity index (χ1) is 10.5. The van der Waals surface area contributed by atoms with Crippen LogP contribution in [0.3, 0.4) is 0 Å². The van der Waals surface area contributed by atoms with Gasteiger partial charge in [0, 0.05) is 12.6 Å². The SMILES string of the molecule is NS(=O)(=O)c1ccc(CCCN2C[C@@H]2c2ccccc2)cc1. The molecule has 1 fully saturated rings. The van der Waals surface area contributed by atoms with Crippen molar-refractivity contribution in [2.75, 3.05) is 13.1 Å². The van der Waals surface area contributed by atoms with Gasteiger partial charge in [0.1, 0.15) is 0 Å². The van der Waals surface area contributed by atoms with Gasteiger partial charge in [0.05, 0.1) is 4.90 Å². The second kappa shape index (κ2) is 6.20. The van der Waals surface area contributed by atoms with Gasteiger partial charge in [-0.25, -0.2) is 13.6 Å². The molecule has 2 aromatic carbocycles. The Bertz CT molecular complexity index is 727. The van der Waals surface area contributed by atoms with Crippen molar-refractivity contribution < 1.29 is 8.42 Å². The quantitative estimate of drug-likeness (QED) is 0.832. The fraction of sp³-hybridized carbons (Fsp3) is 0.294. The average Bonchev–Trinajstić information content (AvgIpc) is 3.27. The summed E-state index contributed by atoms with van der Waals surface area (Å²) in [7, 11) is -3.59. The van der Waals surface area contributed by atoms with Gasteiger partial charge in [-0.2, -0.15) is 0 Å². The summed E-state index contributed by atoms with van der Waals surface area (Å²) in [6.45, 7) is 2.20. The van der Waals surface area contributed by atoms with Crippen molar-refractivity contribution in [3.63, 3.8) is 0 Å². The molecular weight excluding hydrogens is 296 g/mol. The van der Waals surface area contributed by atoms with E-state index in [4.69, 9.17) is 5.14 Å². The van der Waals surface area contributed by atoms with Crippen molar-refractivity contribution in [3.8, 4) is 0 Å². The van der Waals surface area contributed by atoms with Gasteiger partial charge in [-0.1, -0.05) is 42.5 Å². The molecule has 0 spiro atoms. The molecule has 1 heterocycles. The summed E-state index contributed by atoms with van der Waals surface area (Å²) in [5.41, 5.74) is 2.53. The lowest BCUT2D eigenvalue weighted by Gasteiger charge is -2.05. The van der Waals surface area contributed by atoms with Crippen LogP contribution in [0, 0.1) is 0 Å². The molecule has 1 aliphatic rings. The Morgan fingerprint density at radius 2 is 1.73 bits per heavy atom. The van der Waals surface area contributed by atoms with Gasteiger partial charge < -0.3 is 0 Å². The standard InChI is InChI=1S/C17H20N2O2S/c18-22(20,21)16-10-8-14(9-11-16)5-4-12-19-13-17(19)15-6-2-1-3-7-15/h1-3,6-11,17H,4-5,12-13H2,(H2,18,20,21)/t17-,19?/m1/s1. The molecule has 1 aliphatic heterocycles. The highest BCUT2D eigenvalue weighted by Crippen LogP contribution is 2.34. The number of hydrogen-bond donors (Lipinski definition) is 1. The predicted octanol–water partition coefficient (Wildman–Crippen LogP) is 2.32. The maximum Gasteiger partial charge on any atom is 0.238 e. The fourth-order valence-corrected chi connectivity index (χ4v) is 3.26. The summed E-state index contributed by atoms with van der Waals surface area (Å²) < 4.78 is 22.4. The third-order valence-corrected chi connectivity index (χ3v) is 4.99. The van der Waals surface area contributed by atoms with Crippen LogP contribution in [0.1, 0.15) is 23.6 Å². The van der Waals surface area contributed by atoms with Crippen molar-refractivity contribution in [1.29, 1.82) is 0 Å². The zero-order valence-electron chi connectivity index (χ0n) is 12.4. The molecule has 2 N–H and O–H groups in total. The molecule has 1 unspecified atom stereocenters.